The molecular formula is C13H16N2O2. The second kappa shape index (κ2) is 6.66. The van der Waals surface area contributed by atoms with Gasteiger partial charge in [0.05, 0.1) is 18.8 Å². The number of ether oxygens (including phenoxy) is 1. The number of Topliss-reactive ketones (excluding diaryl/α,β-unsaturated/α-hetero) is 1. The summed E-state index contributed by atoms with van der Waals surface area (Å²) < 4.78 is 5.39. The zero-order valence-corrected chi connectivity index (χ0v) is 9.85. The van der Waals surface area contributed by atoms with E-state index in [9.17, 15) is 4.79 Å². The van der Waals surface area contributed by atoms with Gasteiger partial charge in [0.2, 0.25) is 0 Å². The van der Waals surface area contributed by atoms with Crippen LogP contribution in [-0.4, -0.2) is 23.4 Å². The van der Waals surface area contributed by atoms with Gasteiger partial charge in [0.15, 0.2) is 5.78 Å². The van der Waals surface area contributed by atoms with E-state index in [1.807, 2.05) is 6.92 Å². The van der Waals surface area contributed by atoms with Crippen LogP contribution in [0.15, 0.2) is 18.5 Å². The van der Waals surface area contributed by atoms with Gasteiger partial charge in [0.1, 0.15) is 5.75 Å². The van der Waals surface area contributed by atoms with Gasteiger partial charge in [-0.2, -0.15) is 0 Å². The molecular weight excluding hydrogens is 216 g/mol. The number of hydrogen-bond acceptors (Lipinski definition) is 4. The summed E-state index contributed by atoms with van der Waals surface area (Å²) in [5.41, 5.74) is 6.08. The maximum absolute atomic E-state index is 11.8. The molecule has 0 aliphatic carbocycles. The van der Waals surface area contributed by atoms with Gasteiger partial charge in [-0.05, 0) is 12.5 Å². The van der Waals surface area contributed by atoms with Gasteiger partial charge in [-0.1, -0.05) is 6.92 Å². The average molecular weight is 232 g/mol. The van der Waals surface area contributed by atoms with Crippen molar-refractivity contribution in [3.63, 3.8) is 0 Å². The molecule has 0 aliphatic heterocycles. The van der Waals surface area contributed by atoms with Crippen molar-refractivity contribution in [1.29, 1.82) is 0 Å². The largest absolute Gasteiger partial charge is 0.492 e. The van der Waals surface area contributed by atoms with E-state index in [-0.39, 0.29) is 12.2 Å². The predicted molar refractivity (Wildman–Crippen MR) is 65.8 cm³/mol. The fourth-order valence-corrected chi connectivity index (χ4v) is 1.29. The first-order chi connectivity index (χ1) is 8.19. The van der Waals surface area contributed by atoms with E-state index in [0.717, 1.165) is 6.42 Å². The number of carbonyl (C=O) groups is 1. The van der Waals surface area contributed by atoms with E-state index in [4.69, 9.17) is 16.9 Å². The molecule has 1 aromatic heterocycles. The maximum atomic E-state index is 11.8. The molecule has 0 aromatic carbocycles. The van der Waals surface area contributed by atoms with Gasteiger partial charge in [0.25, 0.3) is 0 Å². The number of nitrogens with two attached hydrogens (primary N) is 1. The highest BCUT2D eigenvalue weighted by Crippen LogP contribution is 2.13. The number of rotatable bonds is 6. The SMILES string of the molecule is C#CCC(N)C(=O)c1cncc(OCCC)c1. The van der Waals surface area contributed by atoms with Crippen LogP contribution in [-0.2, 0) is 0 Å². The summed E-state index contributed by atoms with van der Waals surface area (Å²) in [7, 11) is 0. The molecule has 1 rings (SSSR count). The van der Waals surface area contributed by atoms with Gasteiger partial charge in [-0.3, -0.25) is 9.78 Å². The Morgan fingerprint density at radius 1 is 1.65 bits per heavy atom. The summed E-state index contributed by atoms with van der Waals surface area (Å²) in [5, 5.41) is 0. The number of nitrogens with zero attached hydrogens (tertiary/aromatic N) is 1. The Balaban J connectivity index is 2.77. The van der Waals surface area contributed by atoms with E-state index >= 15 is 0 Å². The molecule has 1 atom stereocenters. The molecule has 0 bridgehead atoms. The minimum Gasteiger partial charge on any atom is -0.492 e. The number of terminal acetylenes is 1. The summed E-state index contributed by atoms with van der Waals surface area (Å²) in [6.07, 6.45) is 9.28. The second-order valence-electron chi connectivity index (χ2n) is 3.64. The smallest absolute Gasteiger partial charge is 0.182 e. The lowest BCUT2D eigenvalue weighted by Crippen LogP contribution is -2.30. The van der Waals surface area contributed by atoms with Gasteiger partial charge in [-0.15, -0.1) is 12.3 Å². The van der Waals surface area contributed by atoms with Gasteiger partial charge in [0, 0.05) is 18.2 Å². The molecule has 17 heavy (non-hydrogen) atoms. The summed E-state index contributed by atoms with van der Waals surface area (Å²) >= 11 is 0. The van der Waals surface area contributed by atoms with Crippen LogP contribution in [0.3, 0.4) is 0 Å². The molecule has 0 saturated heterocycles. The van der Waals surface area contributed by atoms with Crippen LogP contribution in [0.2, 0.25) is 0 Å². The van der Waals surface area contributed by atoms with Crippen molar-refractivity contribution in [2.45, 2.75) is 25.8 Å². The minimum atomic E-state index is -0.678. The highest BCUT2D eigenvalue weighted by atomic mass is 16.5. The number of carbonyl (C=O) groups excluding carboxylic acids is 1. The molecule has 90 valence electrons. The zero-order valence-electron chi connectivity index (χ0n) is 9.85. The first-order valence-electron chi connectivity index (χ1n) is 5.50. The quantitative estimate of drug-likeness (QED) is 0.595. The predicted octanol–water partition coefficient (Wildman–Crippen LogP) is 1.40. The first-order valence-corrected chi connectivity index (χ1v) is 5.50. The molecule has 0 saturated carbocycles. The summed E-state index contributed by atoms with van der Waals surface area (Å²) in [5.74, 6) is 2.73. The summed E-state index contributed by atoms with van der Waals surface area (Å²) in [6, 6.07) is 0.963. The van der Waals surface area contributed by atoms with Crippen LogP contribution in [0, 0.1) is 12.3 Å². The minimum absolute atomic E-state index is 0.211. The highest BCUT2D eigenvalue weighted by Gasteiger charge is 2.15. The van der Waals surface area contributed by atoms with Gasteiger partial charge < -0.3 is 10.5 Å². The fraction of sp³-hybridized carbons (Fsp3) is 0.385. The van der Waals surface area contributed by atoms with Crippen molar-refractivity contribution < 1.29 is 9.53 Å². The lowest BCUT2D eigenvalue weighted by molar-refractivity contribution is 0.0962. The van der Waals surface area contributed by atoms with E-state index < -0.39 is 6.04 Å². The Morgan fingerprint density at radius 3 is 3.06 bits per heavy atom. The summed E-state index contributed by atoms with van der Waals surface area (Å²) in [4.78, 5) is 15.8. The van der Waals surface area contributed by atoms with Crippen LogP contribution in [0.25, 0.3) is 0 Å². The Hall–Kier alpha value is -1.86. The van der Waals surface area contributed by atoms with Crippen LogP contribution in [0.4, 0.5) is 0 Å². The van der Waals surface area contributed by atoms with Gasteiger partial charge in [-0.25, -0.2) is 0 Å². The van der Waals surface area contributed by atoms with Gasteiger partial charge >= 0.3 is 0 Å². The molecule has 0 aliphatic rings. The van der Waals surface area contributed by atoms with E-state index in [1.165, 1.54) is 6.20 Å². The average Bonchev–Trinajstić information content (AvgIpc) is 2.36. The van der Waals surface area contributed by atoms with Crippen LogP contribution < -0.4 is 10.5 Å². The first kappa shape index (κ1) is 13.2. The van der Waals surface area contributed by atoms with Crippen LogP contribution >= 0.6 is 0 Å². The van der Waals surface area contributed by atoms with Crippen molar-refractivity contribution in [1.82, 2.24) is 4.98 Å². The van der Waals surface area contributed by atoms with Crippen LogP contribution in [0.5, 0.6) is 5.75 Å². The molecule has 0 fully saturated rings. The molecule has 4 heteroatoms. The third kappa shape index (κ3) is 3.89. The molecule has 0 amide bonds. The highest BCUT2D eigenvalue weighted by molar-refractivity contribution is 6.00. The molecule has 4 nitrogen and oxygen atoms in total. The Kier molecular flexibility index (Phi) is 5.18. The standard InChI is InChI=1S/C13H16N2O2/c1-3-5-12(14)13(16)10-7-11(9-15-8-10)17-6-4-2/h1,7-9,12H,4-6,14H2,2H3. The fourth-order valence-electron chi connectivity index (χ4n) is 1.29. The summed E-state index contributed by atoms with van der Waals surface area (Å²) in [6.45, 7) is 2.60. The monoisotopic (exact) mass is 232 g/mol. The lowest BCUT2D eigenvalue weighted by atomic mass is 10.0. The Morgan fingerprint density at radius 2 is 2.41 bits per heavy atom. The third-order valence-electron chi connectivity index (χ3n) is 2.15. The topological polar surface area (TPSA) is 65.2 Å². The second-order valence-corrected chi connectivity index (χ2v) is 3.64. The number of hydrogen-bond donors (Lipinski definition) is 1. The van der Waals surface area contributed by atoms with E-state index in [0.29, 0.717) is 17.9 Å². The van der Waals surface area contributed by atoms with Crippen molar-refractivity contribution in [3.8, 4) is 18.1 Å². The van der Waals surface area contributed by atoms with E-state index in [1.54, 1.807) is 12.3 Å². The van der Waals surface area contributed by atoms with Crippen molar-refractivity contribution >= 4 is 5.78 Å². The van der Waals surface area contributed by atoms with Crippen molar-refractivity contribution in [2.75, 3.05) is 6.61 Å². The van der Waals surface area contributed by atoms with E-state index in [2.05, 4.69) is 10.9 Å². The number of ketones is 1. The van der Waals surface area contributed by atoms with Crippen molar-refractivity contribution in [3.05, 3.63) is 24.0 Å². The number of pyridine rings is 1. The third-order valence-corrected chi connectivity index (χ3v) is 2.15. The van der Waals surface area contributed by atoms with Crippen LogP contribution in [0.1, 0.15) is 30.1 Å². The molecule has 1 heterocycles. The molecule has 0 radical (unpaired) electrons. The maximum Gasteiger partial charge on any atom is 0.182 e. The molecule has 1 unspecified atom stereocenters. The zero-order chi connectivity index (χ0) is 12.7. The molecule has 0 spiro atoms. The Labute approximate surface area is 101 Å². The Bertz CT molecular complexity index is 424. The van der Waals surface area contributed by atoms with Crippen molar-refractivity contribution in [2.24, 2.45) is 5.73 Å². The molecule has 2 N–H and O–H groups in total. The number of aromatic nitrogens is 1. The molecule has 1 aromatic rings. The normalized spacial score (nSPS) is 11.6. The lowest BCUT2D eigenvalue weighted by Gasteiger charge is -2.08.